The molecule has 2 amide bonds. The fourth-order valence-electron chi connectivity index (χ4n) is 2.42. The molecule has 3 N–H and O–H groups in total. The van der Waals surface area contributed by atoms with Crippen LogP contribution < -0.4 is 11.1 Å². The Hall–Kier alpha value is -2.70. The van der Waals surface area contributed by atoms with Gasteiger partial charge in [0.05, 0.1) is 6.61 Å². The van der Waals surface area contributed by atoms with Crippen molar-refractivity contribution < 1.29 is 19.1 Å². The molecule has 22 heavy (non-hydrogen) atoms. The number of hydrogen-bond acceptors (Lipinski definition) is 5. The van der Waals surface area contributed by atoms with Crippen LogP contribution in [-0.4, -0.2) is 30.4 Å². The molecule has 0 saturated heterocycles. The lowest BCUT2D eigenvalue weighted by Crippen LogP contribution is -2.57. The van der Waals surface area contributed by atoms with Crippen LogP contribution in [0.25, 0.3) is 0 Å². The molecule has 1 aliphatic rings. The highest BCUT2D eigenvalue weighted by molar-refractivity contribution is 6.21. The summed E-state index contributed by atoms with van der Waals surface area (Å²) in [7, 11) is 0. The van der Waals surface area contributed by atoms with Crippen LogP contribution in [0.4, 0.5) is 0 Å². The van der Waals surface area contributed by atoms with Gasteiger partial charge in [-0.3, -0.25) is 19.7 Å². The molecule has 0 spiro atoms. The first-order valence-electron chi connectivity index (χ1n) is 6.92. The van der Waals surface area contributed by atoms with Crippen LogP contribution >= 0.6 is 0 Å². The molecule has 7 heteroatoms. The van der Waals surface area contributed by atoms with Crippen molar-refractivity contribution in [3.63, 3.8) is 0 Å². The van der Waals surface area contributed by atoms with Crippen molar-refractivity contribution in [1.82, 2.24) is 5.32 Å². The van der Waals surface area contributed by atoms with E-state index >= 15 is 0 Å². The number of nitrogens with two attached hydrogens (primary N) is 1. The molecule has 0 aromatic heterocycles. The third-order valence-electron chi connectivity index (χ3n) is 3.49. The zero-order valence-electron chi connectivity index (χ0n) is 12.2. The van der Waals surface area contributed by atoms with Gasteiger partial charge in [0, 0.05) is 6.42 Å². The van der Waals surface area contributed by atoms with E-state index in [0.717, 1.165) is 0 Å². The SMILES string of the molecule is CCOC(=O)CCC1(c2ccccc2)C(=O)N=C(N)NC1=O. The Morgan fingerprint density at radius 1 is 1.32 bits per heavy atom. The number of aliphatic imine (C=N–C) groups is 1. The maximum absolute atomic E-state index is 12.5. The van der Waals surface area contributed by atoms with Gasteiger partial charge < -0.3 is 10.5 Å². The highest BCUT2D eigenvalue weighted by atomic mass is 16.5. The first kappa shape index (κ1) is 15.7. The maximum Gasteiger partial charge on any atom is 0.305 e. The van der Waals surface area contributed by atoms with Crippen molar-refractivity contribution in [1.29, 1.82) is 0 Å². The van der Waals surface area contributed by atoms with E-state index in [1.165, 1.54) is 0 Å². The third-order valence-corrected chi connectivity index (χ3v) is 3.49. The molecule has 1 unspecified atom stereocenters. The summed E-state index contributed by atoms with van der Waals surface area (Å²) in [6, 6.07) is 8.50. The zero-order chi connectivity index (χ0) is 16.2. The van der Waals surface area contributed by atoms with Gasteiger partial charge in [0.25, 0.3) is 5.91 Å². The number of rotatable bonds is 5. The molecule has 116 valence electrons. The van der Waals surface area contributed by atoms with E-state index in [-0.39, 0.29) is 25.4 Å². The lowest BCUT2D eigenvalue weighted by atomic mass is 9.74. The van der Waals surface area contributed by atoms with E-state index in [9.17, 15) is 14.4 Å². The Balaban J connectivity index is 2.40. The topological polar surface area (TPSA) is 111 Å². The summed E-state index contributed by atoms with van der Waals surface area (Å²) in [6.45, 7) is 1.93. The van der Waals surface area contributed by atoms with Crippen LogP contribution in [0.15, 0.2) is 35.3 Å². The lowest BCUT2D eigenvalue weighted by molar-refractivity contribution is -0.144. The molecule has 0 bridgehead atoms. The van der Waals surface area contributed by atoms with Gasteiger partial charge in [-0.05, 0) is 18.9 Å². The van der Waals surface area contributed by atoms with Crippen LogP contribution in [0.1, 0.15) is 25.3 Å². The number of hydrogen-bond donors (Lipinski definition) is 2. The number of nitrogens with zero attached hydrogens (tertiary/aromatic N) is 1. The van der Waals surface area contributed by atoms with Gasteiger partial charge in [-0.2, -0.15) is 4.99 Å². The molecule has 1 aliphatic heterocycles. The molecule has 1 aromatic rings. The van der Waals surface area contributed by atoms with Crippen molar-refractivity contribution in [2.24, 2.45) is 10.7 Å². The number of guanidine groups is 1. The molecule has 7 nitrogen and oxygen atoms in total. The predicted octanol–water partition coefficient (Wildman–Crippen LogP) is 0.239. The summed E-state index contributed by atoms with van der Waals surface area (Å²) in [5.41, 5.74) is 4.34. The smallest absolute Gasteiger partial charge is 0.305 e. The molecule has 1 aromatic carbocycles. The Bertz CT molecular complexity index is 627. The number of benzene rings is 1. The van der Waals surface area contributed by atoms with Gasteiger partial charge in [0.2, 0.25) is 11.9 Å². The lowest BCUT2D eigenvalue weighted by Gasteiger charge is -2.32. The maximum atomic E-state index is 12.5. The van der Waals surface area contributed by atoms with Crippen LogP contribution in [0.2, 0.25) is 0 Å². The van der Waals surface area contributed by atoms with E-state index in [0.29, 0.717) is 5.56 Å². The first-order valence-corrected chi connectivity index (χ1v) is 6.92. The minimum Gasteiger partial charge on any atom is -0.466 e. The fourth-order valence-corrected chi connectivity index (χ4v) is 2.42. The number of amides is 2. The first-order chi connectivity index (χ1) is 10.5. The Labute approximate surface area is 127 Å². The predicted molar refractivity (Wildman–Crippen MR) is 78.8 cm³/mol. The molecular formula is C15H17N3O4. The summed E-state index contributed by atoms with van der Waals surface area (Å²) in [5, 5.41) is 2.37. The van der Waals surface area contributed by atoms with E-state index in [1.54, 1.807) is 37.3 Å². The van der Waals surface area contributed by atoms with Gasteiger partial charge >= 0.3 is 5.97 Å². The Kier molecular flexibility index (Phi) is 4.55. The summed E-state index contributed by atoms with van der Waals surface area (Å²) in [5.74, 6) is -1.97. The zero-order valence-corrected chi connectivity index (χ0v) is 12.2. The van der Waals surface area contributed by atoms with Gasteiger partial charge in [-0.1, -0.05) is 30.3 Å². The van der Waals surface area contributed by atoms with Crippen molar-refractivity contribution >= 4 is 23.7 Å². The molecular weight excluding hydrogens is 286 g/mol. The second-order valence-corrected chi connectivity index (χ2v) is 4.83. The number of carbonyl (C=O) groups excluding carboxylic acids is 3. The van der Waals surface area contributed by atoms with Crippen molar-refractivity contribution in [2.45, 2.75) is 25.2 Å². The summed E-state index contributed by atoms with van der Waals surface area (Å²) in [4.78, 5) is 40.2. The second kappa shape index (κ2) is 6.38. The highest BCUT2D eigenvalue weighted by Crippen LogP contribution is 2.33. The normalized spacial score (nSPS) is 21.0. The Morgan fingerprint density at radius 3 is 2.59 bits per heavy atom. The quantitative estimate of drug-likeness (QED) is 0.598. The van der Waals surface area contributed by atoms with E-state index in [4.69, 9.17) is 10.5 Å². The average molecular weight is 303 g/mol. The van der Waals surface area contributed by atoms with Crippen LogP contribution in [0.5, 0.6) is 0 Å². The molecule has 0 saturated carbocycles. The van der Waals surface area contributed by atoms with Gasteiger partial charge in [-0.25, -0.2) is 0 Å². The minimum absolute atomic E-state index is 0.0305. The number of ether oxygens (including phenoxy) is 1. The van der Waals surface area contributed by atoms with E-state index < -0.39 is 23.2 Å². The van der Waals surface area contributed by atoms with Crippen LogP contribution in [0, 0.1) is 0 Å². The highest BCUT2D eigenvalue weighted by Gasteiger charge is 2.50. The third kappa shape index (κ3) is 2.83. The monoisotopic (exact) mass is 303 g/mol. The van der Waals surface area contributed by atoms with Crippen molar-refractivity contribution in [2.75, 3.05) is 6.61 Å². The van der Waals surface area contributed by atoms with Crippen molar-refractivity contribution in [3.05, 3.63) is 35.9 Å². The molecule has 0 fully saturated rings. The summed E-state index contributed by atoms with van der Waals surface area (Å²) in [6.07, 6.45) is -0.103. The molecule has 0 aliphatic carbocycles. The van der Waals surface area contributed by atoms with Crippen LogP contribution in [-0.2, 0) is 24.5 Å². The van der Waals surface area contributed by atoms with Crippen LogP contribution in [0.3, 0.4) is 0 Å². The van der Waals surface area contributed by atoms with Gasteiger partial charge in [-0.15, -0.1) is 0 Å². The molecule has 2 rings (SSSR count). The standard InChI is InChI=1S/C15H17N3O4/c1-2-22-11(19)8-9-15(10-6-4-3-5-7-10)12(20)17-14(16)18-13(15)21/h3-7H,2,8-9H2,1H3,(H3,16,17,18,20,21). The number of esters is 1. The molecule has 1 atom stereocenters. The summed E-state index contributed by atoms with van der Waals surface area (Å²) < 4.78 is 4.86. The Morgan fingerprint density at radius 2 is 2.00 bits per heavy atom. The largest absolute Gasteiger partial charge is 0.466 e. The van der Waals surface area contributed by atoms with Gasteiger partial charge in [0.15, 0.2) is 5.41 Å². The number of carbonyl (C=O) groups is 3. The molecule has 0 radical (unpaired) electrons. The van der Waals surface area contributed by atoms with Gasteiger partial charge in [0.1, 0.15) is 0 Å². The fraction of sp³-hybridized carbons (Fsp3) is 0.333. The minimum atomic E-state index is -1.56. The average Bonchev–Trinajstić information content (AvgIpc) is 2.48. The molecule has 1 heterocycles. The second-order valence-electron chi connectivity index (χ2n) is 4.83. The van der Waals surface area contributed by atoms with E-state index in [2.05, 4.69) is 10.3 Å². The number of nitrogens with one attached hydrogen (secondary N) is 1. The van der Waals surface area contributed by atoms with E-state index in [1.807, 2.05) is 0 Å². The summed E-state index contributed by atoms with van der Waals surface area (Å²) >= 11 is 0. The van der Waals surface area contributed by atoms with Crippen molar-refractivity contribution in [3.8, 4) is 0 Å².